The van der Waals surface area contributed by atoms with Gasteiger partial charge in [0.1, 0.15) is 11.4 Å². The van der Waals surface area contributed by atoms with E-state index in [1.807, 2.05) is 0 Å². The Balaban J connectivity index is 2.41. The van der Waals surface area contributed by atoms with Crippen LogP contribution in [0.4, 0.5) is 0 Å². The van der Waals surface area contributed by atoms with Gasteiger partial charge in [-0.3, -0.25) is 14.8 Å². The summed E-state index contributed by atoms with van der Waals surface area (Å²) in [4.78, 5) is 24.7. The van der Waals surface area contributed by atoms with E-state index in [-0.39, 0.29) is 5.82 Å². The van der Waals surface area contributed by atoms with Crippen molar-refractivity contribution >= 4 is 6.29 Å². The van der Waals surface area contributed by atoms with Crippen molar-refractivity contribution in [2.45, 2.75) is 0 Å². The maximum Gasteiger partial charge on any atom is 0.271 e. The molecule has 0 aromatic carbocycles. The molecule has 13 heavy (non-hydrogen) atoms. The summed E-state index contributed by atoms with van der Waals surface area (Å²) >= 11 is 0. The monoisotopic (exact) mass is 173 g/mol. The van der Waals surface area contributed by atoms with E-state index in [2.05, 4.69) is 19.9 Å². The SMILES string of the molecule is O=[C]c1nc(-c2cnccn2)c[nH]1. The molecule has 0 aliphatic rings. The minimum absolute atomic E-state index is 0.167. The predicted octanol–water partition coefficient (Wildman–Crippen LogP) is 0.324. The third kappa shape index (κ3) is 1.44. The fourth-order valence-corrected chi connectivity index (χ4v) is 0.937. The molecular formula is C8H5N4O. The van der Waals surface area contributed by atoms with Crippen LogP contribution in [-0.2, 0) is 4.79 Å². The lowest BCUT2D eigenvalue weighted by Crippen LogP contribution is -1.85. The first-order chi connectivity index (χ1) is 6.40. The Hall–Kier alpha value is -2.04. The molecule has 5 heteroatoms. The number of rotatable bonds is 2. The summed E-state index contributed by atoms with van der Waals surface area (Å²) in [5.74, 6) is 0.167. The maximum atomic E-state index is 10.2. The van der Waals surface area contributed by atoms with Crippen LogP contribution in [0.3, 0.4) is 0 Å². The van der Waals surface area contributed by atoms with Crippen LogP contribution in [0, 0.1) is 0 Å². The quantitative estimate of drug-likeness (QED) is 0.710. The number of hydrogen-bond donors (Lipinski definition) is 1. The lowest BCUT2D eigenvalue weighted by molar-refractivity contribution is 0.560. The van der Waals surface area contributed by atoms with Gasteiger partial charge in [-0.25, -0.2) is 4.98 Å². The molecule has 2 heterocycles. The number of imidazole rings is 1. The maximum absolute atomic E-state index is 10.2. The normalized spacial score (nSPS) is 9.85. The van der Waals surface area contributed by atoms with Gasteiger partial charge in [-0.2, -0.15) is 0 Å². The van der Waals surface area contributed by atoms with Crippen molar-refractivity contribution in [3.05, 3.63) is 30.6 Å². The Morgan fingerprint density at radius 1 is 1.31 bits per heavy atom. The summed E-state index contributed by atoms with van der Waals surface area (Å²) in [6, 6.07) is 0. The second kappa shape index (κ2) is 3.14. The Labute approximate surface area is 73.9 Å². The Kier molecular flexibility index (Phi) is 1.84. The van der Waals surface area contributed by atoms with Crippen molar-refractivity contribution in [2.24, 2.45) is 0 Å². The molecule has 0 bridgehead atoms. The van der Waals surface area contributed by atoms with Gasteiger partial charge in [0.25, 0.3) is 6.29 Å². The molecule has 0 amide bonds. The number of aromatic amines is 1. The molecule has 1 radical (unpaired) electrons. The average Bonchev–Trinajstić information content (AvgIpc) is 2.67. The second-order valence-electron chi connectivity index (χ2n) is 2.33. The molecule has 0 unspecified atom stereocenters. The lowest BCUT2D eigenvalue weighted by Gasteiger charge is -1.90. The molecule has 0 fully saturated rings. The highest BCUT2D eigenvalue weighted by molar-refractivity contribution is 5.71. The second-order valence-corrected chi connectivity index (χ2v) is 2.33. The number of H-pyrrole nitrogens is 1. The number of carbonyl (C=O) groups excluding carboxylic acids is 1. The summed E-state index contributed by atoms with van der Waals surface area (Å²) in [5, 5.41) is 0. The van der Waals surface area contributed by atoms with Crippen LogP contribution in [0.1, 0.15) is 5.82 Å². The van der Waals surface area contributed by atoms with Gasteiger partial charge in [0, 0.05) is 18.6 Å². The van der Waals surface area contributed by atoms with Crippen molar-refractivity contribution in [3.63, 3.8) is 0 Å². The first kappa shape index (κ1) is 7.60. The van der Waals surface area contributed by atoms with Gasteiger partial charge in [0.15, 0.2) is 5.82 Å². The number of nitrogens with zero attached hydrogens (tertiary/aromatic N) is 3. The molecule has 5 nitrogen and oxygen atoms in total. The standard InChI is InChI=1S/C8H5N4O/c13-5-8-11-4-7(12-8)6-3-9-1-2-10-6/h1-4H,(H,11,12). The van der Waals surface area contributed by atoms with Crippen LogP contribution in [0.15, 0.2) is 24.8 Å². The van der Waals surface area contributed by atoms with E-state index in [1.165, 1.54) is 0 Å². The summed E-state index contributed by atoms with van der Waals surface area (Å²) in [7, 11) is 0. The van der Waals surface area contributed by atoms with E-state index in [1.54, 1.807) is 31.1 Å². The van der Waals surface area contributed by atoms with Crippen LogP contribution >= 0.6 is 0 Å². The molecule has 0 atom stereocenters. The molecule has 0 aliphatic heterocycles. The van der Waals surface area contributed by atoms with Gasteiger partial charge in [-0.15, -0.1) is 0 Å². The summed E-state index contributed by atoms with van der Waals surface area (Å²) in [5.41, 5.74) is 1.21. The highest BCUT2D eigenvalue weighted by atomic mass is 16.1. The Morgan fingerprint density at radius 2 is 2.23 bits per heavy atom. The molecule has 2 aromatic rings. The van der Waals surface area contributed by atoms with Crippen LogP contribution in [0.5, 0.6) is 0 Å². The topological polar surface area (TPSA) is 71.5 Å². The number of nitrogens with one attached hydrogen (secondary N) is 1. The molecule has 2 aromatic heterocycles. The van der Waals surface area contributed by atoms with E-state index in [4.69, 9.17) is 0 Å². The number of hydrogen-bond acceptors (Lipinski definition) is 4. The fourth-order valence-electron chi connectivity index (χ4n) is 0.937. The van der Waals surface area contributed by atoms with Crippen molar-refractivity contribution in [1.29, 1.82) is 0 Å². The molecule has 0 saturated heterocycles. The zero-order chi connectivity index (χ0) is 9.10. The predicted molar refractivity (Wildman–Crippen MR) is 44.4 cm³/mol. The first-order valence-electron chi connectivity index (χ1n) is 3.60. The van der Waals surface area contributed by atoms with E-state index < -0.39 is 0 Å². The third-order valence-corrected chi connectivity index (χ3v) is 1.50. The van der Waals surface area contributed by atoms with Crippen molar-refractivity contribution < 1.29 is 4.79 Å². The van der Waals surface area contributed by atoms with Crippen LogP contribution in [0.2, 0.25) is 0 Å². The van der Waals surface area contributed by atoms with Crippen LogP contribution in [-0.4, -0.2) is 26.2 Å². The zero-order valence-corrected chi connectivity index (χ0v) is 6.56. The Morgan fingerprint density at radius 3 is 2.85 bits per heavy atom. The van der Waals surface area contributed by atoms with Gasteiger partial charge < -0.3 is 4.98 Å². The molecule has 0 aliphatic carbocycles. The van der Waals surface area contributed by atoms with Crippen LogP contribution < -0.4 is 0 Å². The van der Waals surface area contributed by atoms with Crippen molar-refractivity contribution in [1.82, 2.24) is 19.9 Å². The van der Waals surface area contributed by atoms with E-state index >= 15 is 0 Å². The summed E-state index contributed by atoms with van der Waals surface area (Å²) in [6.45, 7) is 0. The van der Waals surface area contributed by atoms with Gasteiger partial charge >= 0.3 is 0 Å². The Bertz CT molecular complexity index is 409. The third-order valence-electron chi connectivity index (χ3n) is 1.50. The largest absolute Gasteiger partial charge is 0.341 e. The van der Waals surface area contributed by atoms with Crippen LogP contribution in [0.25, 0.3) is 11.4 Å². The van der Waals surface area contributed by atoms with Gasteiger partial charge in [-0.1, -0.05) is 0 Å². The molecule has 63 valence electrons. The minimum atomic E-state index is 0.167. The van der Waals surface area contributed by atoms with Crippen molar-refractivity contribution in [3.8, 4) is 11.4 Å². The lowest BCUT2D eigenvalue weighted by atomic mass is 10.3. The van der Waals surface area contributed by atoms with Gasteiger partial charge in [-0.05, 0) is 0 Å². The van der Waals surface area contributed by atoms with Crippen molar-refractivity contribution in [2.75, 3.05) is 0 Å². The zero-order valence-electron chi connectivity index (χ0n) is 6.56. The van der Waals surface area contributed by atoms with E-state index in [9.17, 15) is 4.79 Å². The first-order valence-corrected chi connectivity index (χ1v) is 3.60. The fraction of sp³-hybridized carbons (Fsp3) is 0. The van der Waals surface area contributed by atoms with E-state index in [0.29, 0.717) is 11.4 Å². The minimum Gasteiger partial charge on any atom is -0.341 e. The number of aromatic nitrogens is 4. The highest BCUT2D eigenvalue weighted by Gasteiger charge is 2.03. The summed E-state index contributed by atoms with van der Waals surface area (Å²) in [6.07, 6.45) is 7.95. The molecule has 1 N–H and O–H groups in total. The molecule has 0 spiro atoms. The van der Waals surface area contributed by atoms with E-state index in [0.717, 1.165) is 0 Å². The average molecular weight is 173 g/mol. The molecular weight excluding hydrogens is 168 g/mol. The molecule has 2 rings (SSSR count). The highest BCUT2D eigenvalue weighted by Crippen LogP contribution is 2.10. The van der Waals surface area contributed by atoms with Gasteiger partial charge in [0.2, 0.25) is 0 Å². The molecule has 0 saturated carbocycles. The van der Waals surface area contributed by atoms with Gasteiger partial charge in [0.05, 0.1) is 6.20 Å². The smallest absolute Gasteiger partial charge is 0.271 e. The summed E-state index contributed by atoms with van der Waals surface area (Å²) < 4.78 is 0.